The maximum atomic E-state index is 12.6. The Morgan fingerprint density at radius 2 is 2.07 bits per heavy atom. The summed E-state index contributed by atoms with van der Waals surface area (Å²) in [6.07, 6.45) is 0.891. The van der Waals surface area contributed by atoms with Crippen LogP contribution < -0.4 is 10.7 Å². The molecule has 3 aromatic rings. The van der Waals surface area contributed by atoms with Gasteiger partial charge in [0.1, 0.15) is 0 Å². The van der Waals surface area contributed by atoms with E-state index < -0.39 is 0 Å². The Balaban J connectivity index is 1.93. The molecule has 3 rings (SSSR count). The molecule has 0 aliphatic rings. The van der Waals surface area contributed by atoms with Gasteiger partial charge in [-0.25, -0.2) is 4.98 Å². The number of carbonyl (C=O) groups excluding carboxylic acids is 1. The van der Waals surface area contributed by atoms with E-state index in [2.05, 4.69) is 43.7 Å². The summed E-state index contributed by atoms with van der Waals surface area (Å²) in [4.78, 5) is 17.3. The lowest BCUT2D eigenvalue weighted by molar-refractivity contribution is 0.102. The van der Waals surface area contributed by atoms with Gasteiger partial charge in [0, 0.05) is 21.4 Å². The van der Waals surface area contributed by atoms with Gasteiger partial charge < -0.3 is 5.32 Å². The number of amides is 1. The molecule has 0 bridgehead atoms. The van der Waals surface area contributed by atoms with Crippen LogP contribution in [-0.4, -0.2) is 16.6 Å². The first-order valence-corrected chi connectivity index (χ1v) is 10.3. The van der Waals surface area contributed by atoms with Gasteiger partial charge in [0.05, 0.1) is 10.2 Å². The normalized spacial score (nSPS) is 11.7. The van der Waals surface area contributed by atoms with Crippen molar-refractivity contribution in [3.63, 3.8) is 0 Å². The molecule has 1 heterocycles. The van der Waals surface area contributed by atoms with Crippen LogP contribution in [0.4, 0.5) is 10.8 Å². The van der Waals surface area contributed by atoms with Crippen LogP contribution in [0.3, 0.4) is 0 Å². The first-order valence-electron chi connectivity index (χ1n) is 8.66. The molecular formula is C20H21BrN4OS. The van der Waals surface area contributed by atoms with E-state index in [0.29, 0.717) is 5.56 Å². The Labute approximate surface area is 171 Å². The molecule has 7 heteroatoms. The number of nitrogens with one attached hydrogen (secondary N) is 2. The molecule has 2 aromatic carbocycles. The fraction of sp³-hybridized carbons (Fsp3) is 0.250. The zero-order valence-corrected chi connectivity index (χ0v) is 18.1. The van der Waals surface area contributed by atoms with Crippen molar-refractivity contribution in [2.24, 2.45) is 5.10 Å². The highest BCUT2D eigenvalue weighted by Crippen LogP contribution is 2.35. The highest BCUT2D eigenvalue weighted by Gasteiger charge is 2.15. The fourth-order valence-electron chi connectivity index (χ4n) is 2.66. The van der Waals surface area contributed by atoms with Gasteiger partial charge in [-0.2, -0.15) is 5.10 Å². The number of anilines is 2. The number of fused-ring (bicyclic) bond motifs is 1. The van der Waals surface area contributed by atoms with Gasteiger partial charge in [0.2, 0.25) is 5.13 Å². The first-order chi connectivity index (χ1) is 12.9. The number of hydrogen-bond acceptors (Lipinski definition) is 5. The van der Waals surface area contributed by atoms with Crippen LogP contribution in [0.5, 0.6) is 0 Å². The van der Waals surface area contributed by atoms with Gasteiger partial charge in [0.15, 0.2) is 0 Å². The van der Waals surface area contributed by atoms with E-state index in [0.717, 1.165) is 48.8 Å². The number of thiazole rings is 1. The molecule has 1 aromatic heterocycles. The summed E-state index contributed by atoms with van der Waals surface area (Å²) in [6.45, 7) is 8.03. The van der Waals surface area contributed by atoms with Gasteiger partial charge >= 0.3 is 0 Å². The van der Waals surface area contributed by atoms with Crippen molar-refractivity contribution in [1.82, 2.24) is 4.98 Å². The average molecular weight is 445 g/mol. The van der Waals surface area contributed by atoms with Crippen LogP contribution in [0.25, 0.3) is 10.2 Å². The summed E-state index contributed by atoms with van der Waals surface area (Å²) < 4.78 is 1.91. The van der Waals surface area contributed by atoms with Gasteiger partial charge in [-0.3, -0.25) is 10.2 Å². The molecule has 0 saturated heterocycles. The quantitative estimate of drug-likeness (QED) is 0.367. The zero-order chi connectivity index (χ0) is 19.6. The van der Waals surface area contributed by atoms with Gasteiger partial charge in [-0.05, 0) is 62.6 Å². The molecule has 140 valence electrons. The Kier molecular flexibility index (Phi) is 5.92. The molecule has 0 atom stereocenters. The predicted octanol–water partition coefficient (Wildman–Crippen LogP) is 6.13. The molecule has 2 N–H and O–H groups in total. The number of halogens is 1. The number of hydrazone groups is 1. The van der Waals surface area contributed by atoms with Crippen LogP contribution in [0.2, 0.25) is 0 Å². The maximum Gasteiger partial charge on any atom is 0.255 e. The van der Waals surface area contributed by atoms with Crippen LogP contribution in [0.1, 0.15) is 41.8 Å². The van der Waals surface area contributed by atoms with Gasteiger partial charge in [0.25, 0.3) is 5.91 Å². The molecule has 0 aliphatic carbocycles. The Hall–Kier alpha value is -2.25. The molecule has 0 radical (unpaired) electrons. The Bertz CT molecular complexity index is 1040. The highest BCUT2D eigenvalue weighted by molar-refractivity contribution is 9.10. The van der Waals surface area contributed by atoms with E-state index in [1.807, 2.05) is 39.0 Å². The zero-order valence-electron chi connectivity index (χ0n) is 15.7. The number of nitrogens with zero attached hydrogens (tertiary/aromatic N) is 2. The van der Waals surface area contributed by atoms with Crippen LogP contribution >= 0.6 is 27.3 Å². The Morgan fingerprint density at radius 3 is 2.78 bits per heavy atom. The van der Waals surface area contributed by atoms with Crippen molar-refractivity contribution in [1.29, 1.82) is 0 Å². The largest absolute Gasteiger partial charge is 0.321 e. The van der Waals surface area contributed by atoms with Crippen molar-refractivity contribution in [2.45, 2.75) is 34.1 Å². The molecule has 0 aliphatic heterocycles. The summed E-state index contributed by atoms with van der Waals surface area (Å²) in [5.41, 5.74) is 8.38. The van der Waals surface area contributed by atoms with Crippen molar-refractivity contribution in [2.75, 3.05) is 10.7 Å². The topological polar surface area (TPSA) is 66.4 Å². The van der Waals surface area contributed by atoms with Gasteiger partial charge in [-0.15, -0.1) is 0 Å². The van der Waals surface area contributed by atoms with Crippen LogP contribution in [0.15, 0.2) is 39.9 Å². The fourth-order valence-corrected chi connectivity index (χ4v) is 3.96. The third kappa shape index (κ3) is 4.36. The van der Waals surface area contributed by atoms with Crippen molar-refractivity contribution in [3.05, 3.63) is 51.5 Å². The highest BCUT2D eigenvalue weighted by atomic mass is 79.9. The van der Waals surface area contributed by atoms with E-state index in [1.54, 1.807) is 12.1 Å². The van der Waals surface area contributed by atoms with E-state index >= 15 is 0 Å². The molecule has 0 spiro atoms. The number of benzene rings is 2. The lowest BCUT2D eigenvalue weighted by Crippen LogP contribution is -2.13. The number of aryl methyl sites for hydroxylation is 2. The third-order valence-electron chi connectivity index (χ3n) is 4.30. The third-order valence-corrected chi connectivity index (χ3v) is 5.88. The van der Waals surface area contributed by atoms with Crippen molar-refractivity contribution in [3.8, 4) is 0 Å². The predicted molar refractivity (Wildman–Crippen MR) is 118 cm³/mol. The van der Waals surface area contributed by atoms with Crippen LogP contribution in [0, 0.1) is 13.8 Å². The molecule has 0 saturated carbocycles. The summed E-state index contributed by atoms with van der Waals surface area (Å²) in [7, 11) is 0. The number of rotatable bonds is 5. The smallest absolute Gasteiger partial charge is 0.255 e. The number of hydrogen-bond donors (Lipinski definition) is 2. The summed E-state index contributed by atoms with van der Waals surface area (Å²) in [6, 6.07) is 9.35. The lowest BCUT2D eigenvalue weighted by atomic mass is 10.1. The summed E-state index contributed by atoms with van der Waals surface area (Å²) >= 11 is 4.94. The molecule has 0 unspecified atom stereocenters. The lowest BCUT2D eigenvalue weighted by Gasteiger charge is -2.12. The van der Waals surface area contributed by atoms with Crippen molar-refractivity contribution >= 4 is 59.9 Å². The van der Waals surface area contributed by atoms with E-state index in [9.17, 15) is 4.79 Å². The maximum absolute atomic E-state index is 12.6. The molecule has 27 heavy (non-hydrogen) atoms. The summed E-state index contributed by atoms with van der Waals surface area (Å²) in [5.74, 6) is -0.132. The second-order valence-electron chi connectivity index (χ2n) is 6.34. The van der Waals surface area contributed by atoms with Gasteiger partial charge in [-0.1, -0.05) is 40.3 Å². The van der Waals surface area contributed by atoms with Crippen LogP contribution in [-0.2, 0) is 0 Å². The van der Waals surface area contributed by atoms with Crippen molar-refractivity contribution < 1.29 is 4.79 Å². The minimum Gasteiger partial charge on any atom is -0.321 e. The molecule has 5 nitrogen and oxygen atoms in total. The van der Waals surface area contributed by atoms with E-state index in [4.69, 9.17) is 0 Å². The second-order valence-corrected chi connectivity index (χ2v) is 8.25. The second kappa shape index (κ2) is 8.19. The van der Waals surface area contributed by atoms with E-state index in [1.165, 1.54) is 11.3 Å². The average Bonchev–Trinajstić information content (AvgIpc) is 3.06. The van der Waals surface area contributed by atoms with E-state index in [-0.39, 0.29) is 5.91 Å². The first kappa shape index (κ1) is 19.5. The number of aromatic nitrogens is 1. The SMILES string of the molecule is CC/C(C)=N\Nc1nc2cc(C)c(NC(=O)c3cccc(Br)c3)c(C)c2s1. The minimum atomic E-state index is -0.132. The monoisotopic (exact) mass is 444 g/mol. The minimum absolute atomic E-state index is 0.132. The molecular weight excluding hydrogens is 424 g/mol. The molecule has 0 fully saturated rings. The number of carbonyl (C=O) groups is 1. The Morgan fingerprint density at radius 1 is 1.30 bits per heavy atom. The summed E-state index contributed by atoms with van der Waals surface area (Å²) in [5, 5.41) is 8.12. The standard InChI is InChI=1S/C20H21BrN4OS/c1-5-12(3)24-25-20-22-16-9-11(2)17(13(4)18(16)27-20)23-19(26)14-7-6-8-15(21)10-14/h6-10H,5H2,1-4H3,(H,22,25)(H,23,26)/b24-12-. The molecule has 1 amide bonds.